The van der Waals surface area contributed by atoms with Gasteiger partial charge in [0.05, 0.1) is 6.54 Å². The Bertz CT molecular complexity index is 568. The molecule has 7 heteroatoms. The third-order valence-corrected chi connectivity index (χ3v) is 5.09. The molecule has 1 aromatic carbocycles. The molecular formula is C14H20N2O4S. The smallest absolute Gasteiger partial charge is 0.422 e. The molecule has 0 heterocycles. The van der Waals surface area contributed by atoms with E-state index in [1.54, 1.807) is 30.3 Å². The van der Waals surface area contributed by atoms with E-state index in [1.165, 1.54) is 0 Å². The van der Waals surface area contributed by atoms with Crippen molar-refractivity contribution < 1.29 is 18.3 Å². The molecule has 116 valence electrons. The number of hydrogen-bond acceptors (Lipinski definition) is 3. The second-order valence-electron chi connectivity index (χ2n) is 5.23. The molecule has 1 fully saturated rings. The summed E-state index contributed by atoms with van der Waals surface area (Å²) in [6.45, 7) is -0.182. The normalized spacial score (nSPS) is 16.6. The van der Waals surface area contributed by atoms with Crippen LogP contribution in [0.4, 0.5) is 4.79 Å². The minimum Gasteiger partial charge on any atom is -0.464 e. The topological polar surface area (TPSA) is 86.7 Å². The number of rotatable bonds is 5. The van der Waals surface area contributed by atoms with Gasteiger partial charge >= 0.3 is 16.3 Å². The van der Waals surface area contributed by atoms with E-state index in [0.717, 1.165) is 32.1 Å². The number of carboxylic acid groups (broad SMARTS) is 1. The van der Waals surface area contributed by atoms with E-state index in [0.29, 0.717) is 9.87 Å². The zero-order valence-electron chi connectivity index (χ0n) is 11.7. The van der Waals surface area contributed by atoms with E-state index in [4.69, 9.17) is 0 Å². The molecule has 1 aliphatic carbocycles. The van der Waals surface area contributed by atoms with Crippen LogP contribution in [-0.4, -0.2) is 30.0 Å². The number of benzene rings is 1. The Morgan fingerprint density at radius 1 is 1.19 bits per heavy atom. The summed E-state index contributed by atoms with van der Waals surface area (Å²) in [6.07, 6.45) is 3.10. The molecule has 1 aromatic rings. The molecule has 2 rings (SSSR count). The second-order valence-corrected chi connectivity index (χ2v) is 6.86. The van der Waals surface area contributed by atoms with Crippen molar-refractivity contribution in [2.45, 2.75) is 44.7 Å². The summed E-state index contributed by atoms with van der Waals surface area (Å²) in [5, 5.41) is 9.21. The highest BCUT2D eigenvalue weighted by molar-refractivity contribution is 7.87. The molecule has 0 unspecified atom stereocenters. The lowest BCUT2D eigenvalue weighted by Gasteiger charge is -2.26. The number of amides is 1. The van der Waals surface area contributed by atoms with Crippen LogP contribution in [0.25, 0.3) is 0 Å². The van der Waals surface area contributed by atoms with Gasteiger partial charge in [-0.1, -0.05) is 49.6 Å². The van der Waals surface area contributed by atoms with Crippen molar-refractivity contribution in [1.82, 2.24) is 9.03 Å². The standard InChI is InChI=1S/C14H20N2O4S/c17-14(18)16(11-12-7-3-1-4-8-12)21(19,20)15-13-9-5-2-6-10-13/h1,3-4,7-8,13,15H,2,5-6,9-11H2,(H,17,18). The van der Waals surface area contributed by atoms with Crippen LogP contribution in [0.15, 0.2) is 30.3 Å². The minimum absolute atomic E-state index is 0.165. The number of nitrogens with zero attached hydrogens (tertiary/aromatic N) is 1. The molecule has 1 saturated carbocycles. The summed E-state index contributed by atoms with van der Waals surface area (Å²) in [6, 6.07) is 8.52. The van der Waals surface area contributed by atoms with Gasteiger partial charge < -0.3 is 5.11 Å². The van der Waals surface area contributed by atoms with Gasteiger partial charge in [0, 0.05) is 6.04 Å². The van der Waals surface area contributed by atoms with Crippen LogP contribution in [0.3, 0.4) is 0 Å². The van der Waals surface area contributed by atoms with Crippen molar-refractivity contribution in [3.8, 4) is 0 Å². The van der Waals surface area contributed by atoms with Gasteiger partial charge in [-0.05, 0) is 18.4 Å². The van der Waals surface area contributed by atoms with E-state index in [1.807, 2.05) is 0 Å². The van der Waals surface area contributed by atoms with E-state index < -0.39 is 16.3 Å². The SMILES string of the molecule is O=C(O)N(Cc1ccccc1)S(=O)(=O)NC1CCCCC1. The predicted octanol–water partition coefficient (Wildman–Crippen LogP) is 2.33. The van der Waals surface area contributed by atoms with E-state index in [9.17, 15) is 18.3 Å². The van der Waals surface area contributed by atoms with Gasteiger partial charge in [0.15, 0.2) is 0 Å². The summed E-state index contributed by atoms with van der Waals surface area (Å²) >= 11 is 0. The maximum absolute atomic E-state index is 12.3. The number of carbonyl (C=O) groups is 1. The Balaban J connectivity index is 2.10. The Morgan fingerprint density at radius 3 is 2.38 bits per heavy atom. The molecule has 1 aliphatic rings. The zero-order chi connectivity index (χ0) is 15.3. The van der Waals surface area contributed by atoms with Gasteiger partial charge in [-0.3, -0.25) is 0 Å². The summed E-state index contributed by atoms with van der Waals surface area (Å²) < 4.78 is 27.5. The van der Waals surface area contributed by atoms with Crippen molar-refractivity contribution >= 4 is 16.3 Å². The fourth-order valence-electron chi connectivity index (χ4n) is 2.50. The lowest BCUT2D eigenvalue weighted by atomic mass is 9.96. The average molecular weight is 312 g/mol. The fraction of sp³-hybridized carbons (Fsp3) is 0.500. The summed E-state index contributed by atoms with van der Waals surface area (Å²) in [5.41, 5.74) is 0.633. The lowest BCUT2D eigenvalue weighted by molar-refractivity contribution is 0.170. The highest BCUT2D eigenvalue weighted by Gasteiger charge is 2.30. The van der Waals surface area contributed by atoms with Gasteiger partial charge in [0.2, 0.25) is 0 Å². The number of nitrogens with one attached hydrogen (secondary N) is 1. The van der Waals surface area contributed by atoms with Crippen molar-refractivity contribution in [3.05, 3.63) is 35.9 Å². The first kappa shape index (κ1) is 15.8. The Hall–Kier alpha value is -1.60. The van der Waals surface area contributed by atoms with Crippen LogP contribution < -0.4 is 4.72 Å². The lowest BCUT2D eigenvalue weighted by Crippen LogP contribution is -2.47. The highest BCUT2D eigenvalue weighted by atomic mass is 32.2. The van der Waals surface area contributed by atoms with Gasteiger partial charge in [-0.15, -0.1) is 0 Å². The average Bonchev–Trinajstić information content (AvgIpc) is 2.46. The third-order valence-electron chi connectivity index (χ3n) is 3.59. The molecule has 2 N–H and O–H groups in total. The molecule has 1 amide bonds. The summed E-state index contributed by atoms with van der Waals surface area (Å²) in [5.74, 6) is 0. The van der Waals surface area contributed by atoms with Crippen molar-refractivity contribution in [2.24, 2.45) is 0 Å². The summed E-state index contributed by atoms with van der Waals surface area (Å²) in [7, 11) is -4.04. The Morgan fingerprint density at radius 2 is 1.81 bits per heavy atom. The molecule has 0 bridgehead atoms. The maximum Gasteiger partial charge on any atom is 0.422 e. The fourth-order valence-corrected chi connectivity index (χ4v) is 3.81. The van der Waals surface area contributed by atoms with Gasteiger partial charge in [-0.25, -0.2) is 4.79 Å². The molecule has 0 radical (unpaired) electrons. The predicted molar refractivity (Wildman–Crippen MR) is 78.9 cm³/mol. The van der Waals surface area contributed by atoms with E-state index >= 15 is 0 Å². The molecule has 21 heavy (non-hydrogen) atoms. The molecule has 0 atom stereocenters. The van der Waals surface area contributed by atoms with Crippen LogP contribution in [0.5, 0.6) is 0 Å². The Kier molecular flexibility index (Phi) is 5.19. The van der Waals surface area contributed by atoms with Crippen LogP contribution in [-0.2, 0) is 16.8 Å². The summed E-state index contributed by atoms with van der Waals surface area (Å²) in [4.78, 5) is 11.3. The zero-order valence-corrected chi connectivity index (χ0v) is 12.6. The monoisotopic (exact) mass is 312 g/mol. The molecule has 0 spiro atoms. The molecular weight excluding hydrogens is 292 g/mol. The van der Waals surface area contributed by atoms with E-state index in [-0.39, 0.29) is 12.6 Å². The van der Waals surface area contributed by atoms with Crippen LogP contribution in [0.2, 0.25) is 0 Å². The maximum atomic E-state index is 12.3. The van der Waals surface area contributed by atoms with Crippen LogP contribution in [0, 0.1) is 0 Å². The first-order valence-electron chi connectivity index (χ1n) is 7.06. The highest BCUT2D eigenvalue weighted by Crippen LogP contribution is 2.19. The van der Waals surface area contributed by atoms with Crippen LogP contribution >= 0.6 is 0 Å². The third kappa shape index (κ3) is 4.44. The molecule has 0 aromatic heterocycles. The quantitative estimate of drug-likeness (QED) is 0.873. The molecule has 0 saturated heterocycles. The van der Waals surface area contributed by atoms with Crippen molar-refractivity contribution in [1.29, 1.82) is 0 Å². The first-order valence-corrected chi connectivity index (χ1v) is 8.50. The number of hydrogen-bond donors (Lipinski definition) is 2. The van der Waals surface area contributed by atoms with Gasteiger partial charge in [-0.2, -0.15) is 17.4 Å². The second kappa shape index (κ2) is 6.91. The minimum atomic E-state index is -4.04. The molecule has 6 nitrogen and oxygen atoms in total. The van der Waals surface area contributed by atoms with Gasteiger partial charge in [0.1, 0.15) is 0 Å². The van der Waals surface area contributed by atoms with E-state index in [2.05, 4.69) is 4.72 Å². The molecule has 0 aliphatic heterocycles. The largest absolute Gasteiger partial charge is 0.464 e. The van der Waals surface area contributed by atoms with Gasteiger partial charge in [0.25, 0.3) is 0 Å². The Labute approximate surface area is 125 Å². The first-order chi connectivity index (χ1) is 9.99. The van der Waals surface area contributed by atoms with Crippen molar-refractivity contribution in [3.63, 3.8) is 0 Å². The van der Waals surface area contributed by atoms with Crippen molar-refractivity contribution in [2.75, 3.05) is 0 Å². The van der Waals surface area contributed by atoms with Crippen LogP contribution in [0.1, 0.15) is 37.7 Å².